The predicted molar refractivity (Wildman–Crippen MR) is 162 cm³/mol. The molecule has 0 saturated carbocycles. The fraction of sp³-hybridized carbons (Fsp3) is 0.273. The number of fused-ring (bicyclic) bond motifs is 1. The molecule has 9 nitrogen and oxygen atoms in total. The van der Waals surface area contributed by atoms with E-state index in [-0.39, 0.29) is 19.0 Å². The SMILES string of the molecule is COc1cc2c(c(-c3cccc(C#CCN(C(=O)O)C(C)(C)C)c3-c3ccccc3C#N)c1OC)C=NCC(=O)N2C. The standard InChI is InChI=1S/C33H32N4O5/c1-33(2,3)37(32(39)40)16-10-13-21-12-9-15-24(29(21)23-14-8-7-11-22(23)18-34)30-25-19-35-20-28(38)36(4)26(25)17-27(41-5)31(30)42-6/h7-9,11-12,14-15,17,19H,16,20H2,1-6H3,(H,39,40). The Hall–Kier alpha value is -5.28. The Morgan fingerprint density at radius 1 is 1.07 bits per heavy atom. The molecule has 214 valence electrons. The average molecular weight is 565 g/mol. The molecule has 3 aromatic carbocycles. The fourth-order valence-corrected chi connectivity index (χ4v) is 4.89. The van der Waals surface area contributed by atoms with Crippen LogP contribution in [-0.2, 0) is 4.79 Å². The predicted octanol–water partition coefficient (Wildman–Crippen LogP) is 5.43. The van der Waals surface area contributed by atoms with Gasteiger partial charge < -0.3 is 19.5 Å². The maximum absolute atomic E-state index is 12.7. The summed E-state index contributed by atoms with van der Waals surface area (Å²) in [5.74, 6) is 6.86. The van der Waals surface area contributed by atoms with Crippen LogP contribution in [0, 0.1) is 23.2 Å². The lowest BCUT2D eigenvalue weighted by molar-refractivity contribution is -0.116. The van der Waals surface area contributed by atoms with Crippen molar-refractivity contribution in [3.05, 3.63) is 65.2 Å². The number of hydrogen-bond acceptors (Lipinski definition) is 6. The van der Waals surface area contributed by atoms with Gasteiger partial charge in [0.25, 0.3) is 0 Å². The van der Waals surface area contributed by atoms with Gasteiger partial charge in [0.15, 0.2) is 11.5 Å². The van der Waals surface area contributed by atoms with Gasteiger partial charge in [0.05, 0.1) is 38.1 Å². The van der Waals surface area contributed by atoms with E-state index < -0.39 is 11.6 Å². The zero-order valence-corrected chi connectivity index (χ0v) is 24.5. The zero-order chi connectivity index (χ0) is 30.6. The Morgan fingerprint density at radius 3 is 2.40 bits per heavy atom. The Balaban J connectivity index is 2.09. The lowest BCUT2D eigenvalue weighted by Gasteiger charge is -2.31. The Bertz CT molecular complexity index is 1690. The van der Waals surface area contributed by atoms with Gasteiger partial charge in [-0.05, 0) is 38.5 Å². The van der Waals surface area contributed by atoms with Crippen molar-refractivity contribution in [3.63, 3.8) is 0 Å². The van der Waals surface area contributed by atoms with Crippen LogP contribution >= 0.6 is 0 Å². The minimum absolute atomic E-state index is 0.0140. The Kier molecular flexibility index (Phi) is 8.54. The van der Waals surface area contributed by atoms with Crippen LogP contribution in [0.15, 0.2) is 53.5 Å². The number of carboxylic acid groups (broad SMARTS) is 1. The monoisotopic (exact) mass is 564 g/mol. The highest BCUT2D eigenvalue weighted by Crippen LogP contribution is 2.48. The first kappa shape index (κ1) is 29.7. The quantitative estimate of drug-likeness (QED) is 0.413. The first-order valence-corrected chi connectivity index (χ1v) is 13.2. The summed E-state index contributed by atoms with van der Waals surface area (Å²) in [6.45, 7) is 5.39. The molecule has 0 bridgehead atoms. The van der Waals surface area contributed by atoms with Gasteiger partial charge in [-0.2, -0.15) is 5.26 Å². The highest BCUT2D eigenvalue weighted by Gasteiger charge is 2.29. The van der Waals surface area contributed by atoms with E-state index >= 15 is 0 Å². The van der Waals surface area contributed by atoms with Crippen LogP contribution in [-0.4, -0.2) is 68.1 Å². The summed E-state index contributed by atoms with van der Waals surface area (Å²) in [6, 6.07) is 16.8. The highest BCUT2D eigenvalue weighted by atomic mass is 16.5. The van der Waals surface area contributed by atoms with Crippen molar-refractivity contribution >= 4 is 23.9 Å². The topological polar surface area (TPSA) is 115 Å². The molecule has 9 heteroatoms. The van der Waals surface area contributed by atoms with Gasteiger partial charge >= 0.3 is 6.09 Å². The van der Waals surface area contributed by atoms with Crippen molar-refractivity contribution in [2.75, 3.05) is 39.3 Å². The largest absolute Gasteiger partial charge is 0.493 e. The number of aliphatic imine (C=N–C) groups is 1. The molecule has 0 spiro atoms. The second-order valence-corrected chi connectivity index (χ2v) is 10.6. The number of hydrogen-bond donors (Lipinski definition) is 1. The highest BCUT2D eigenvalue weighted by molar-refractivity contribution is 6.10. The summed E-state index contributed by atoms with van der Waals surface area (Å²) < 4.78 is 11.6. The van der Waals surface area contributed by atoms with Crippen molar-refractivity contribution in [1.82, 2.24) is 4.90 Å². The molecule has 42 heavy (non-hydrogen) atoms. The Labute approximate surface area is 245 Å². The van der Waals surface area contributed by atoms with Crippen LogP contribution in [0.5, 0.6) is 11.5 Å². The molecule has 0 radical (unpaired) electrons. The van der Waals surface area contributed by atoms with E-state index in [1.54, 1.807) is 31.5 Å². The number of likely N-dealkylation sites (N-methyl/N-ethyl adjacent to an activating group) is 1. The number of amides is 2. The van der Waals surface area contributed by atoms with Crippen LogP contribution in [0.1, 0.15) is 37.5 Å². The fourth-order valence-electron chi connectivity index (χ4n) is 4.89. The molecule has 1 heterocycles. The zero-order valence-electron chi connectivity index (χ0n) is 24.5. The van der Waals surface area contributed by atoms with Gasteiger partial charge in [-0.1, -0.05) is 42.2 Å². The summed E-state index contributed by atoms with van der Waals surface area (Å²) in [5, 5.41) is 19.8. The smallest absolute Gasteiger partial charge is 0.408 e. The van der Waals surface area contributed by atoms with Gasteiger partial charge in [0, 0.05) is 52.7 Å². The maximum Gasteiger partial charge on any atom is 0.408 e. The van der Waals surface area contributed by atoms with E-state index in [4.69, 9.17) is 9.47 Å². The number of benzene rings is 3. The molecule has 0 saturated heterocycles. The average Bonchev–Trinajstić information content (AvgIpc) is 3.10. The van der Waals surface area contributed by atoms with Crippen molar-refractivity contribution < 1.29 is 24.2 Å². The van der Waals surface area contributed by atoms with Crippen molar-refractivity contribution in [2.24, 2.45) is 4.99 Å². The number of methoxy groups -OCH3 is 2. The molecule has 0 unspecified atom stereocenters. The number of carbonyl (C=O) groups is 2. The minimum Gasteiger partial charge on any atom is -0.493 e. The second-order valence-electron chi connectivity index (χ2n) is 10.6. The third-order valence-electron chi connectivity index (χ3n) is 7.02. The lowest BCUT2D eigenvalue weighted by Crippen LogP contribution is -2.45. The molecule has 1 aliphatic heterocycles. The van der Waals surface area contributed by atoms with E-state index in [0.717, 1.165) is 0 Å². The molecule has 2 amide bonds. The van der Waals surface area contributed by atoms with Gasteiger partial charge in [0.2, 0.25) is 5.91 Å². The first-order chi connectivity index (χ1) is 20.0. The van der Waals surface area contributed by atoms with E-state index in [1.807, 2.05) is 51.1 Å². The molecule has 0 fully saturated rings. The number of nitrogens with zero attached hydrogens (tertiary/aromatic N) is 4. The van der Waals surface area contributed by atoms with E-state index in [9.17, 15) is 20.0 Å². The molecule has 1 aliphatic rings. The summed E-state index contributed by atoms with van der Waals surface area (Å²) in [7, 11) is 4.75. The number of benzodiazepines with no additional fused rings is 1. The lowest BCUT2D eigenvalue weighted by atomic mass is 9.86. The molecular formula is C33H32N4O5. The van der Waals surface area contributed by atoms with Crippen LogP contribution in [0.4, 0.5) is 10.5 Å². The van der Waals surface area contributed by atoms with Crippen molar-refractivity contribution in [1.29, 1.82) is 5.26 Å². The van der Waals surface area contributed by atoms with E-state index in [1.165, 1.54) is 24.0 Å². The molecule has 0 aliphatic carbocycles. The molecule has 1 N–H and O–H groups in total. The van der Waals surface area contributed by atoms with Gasteiger partial charge in [-0.15, -0.1) is 0 Å². The van der Waals surface area contributed by atoms with Crippen LogP contribution in [0.25, 0.3) is 22.3 Å². The minimum atomic E-state index is -1.07. The third kappa shape index (κ3) is 5.63. The van der Waals surface area contributed by atoms with Crippen LogP contribution in [0.2, 0.25) is 0 Å². The summed E-state index contributed by atoms with van der Waals surface area (Å²) in [5.41, 5.74) is 4.19. The van der Waals surface area contributed by atoms with Crippen LogP contribution < -0.4 is 14.4 Å². The number of ether oxygens (including phenoxy) is 2. The second kappa shape index (κ2) is 12.1. The summed E-state index contributed by atoms with van der Waals surface area (Å²) in [4.78, 5) is 31.8. The number of carbonyl (C=O) groups excluding carboxylic acids is 1. The molecular weight excluding hydrogens is 532 g/mol. The van der Waals surface area contributed by atoms with Crippen molar-refractivity contribution in [3.8, 4) is 51.7 Å². The normalized spacial score (nSPS) is 12.4. The van der Waals surface area contributed by atoms with Gasteiger partial charge in [-0.25, -0.2) is 4.79 Å². The van der Waals surface area contributed by atoms with Crippen molar-refractivity contribution in [2.45, 2.75) is 26.3 Å². The molecule has 0 atom stereocenters. The number of nitriles is 1. The number of rotatable bonds is 5. The van der Waals surface area contributed by atoms with Gasteiger partial charge in [-0.3, -0.25) is 14.7 Å². The van der Waals surface area contributed by atoms with E-state index in [2.05, 4.69) is 22.9 Å². The number of anilines is 1. The van der Waals surface area contributed by atoms with Crippen LogP contribution in [0.3, 0.4) is 0 Å². The molecule has 3 aromatic rings. The summed E-state index contributed by atoms with van der Waals surface area (Å²) in [6.07, 6.45) is 0.586. The third-order valence-corrected chi connectivity index (χ3v) is 7.02. The Morgan fingerprint density at radius 2 is 1.76 bits per heavy atom. The van der Waals surface area contributed by atoms with E-state index in [0.29, 0.717) is 56.1 Å². The van der Waals surface area contributed by atoms with Gasteiger partial charge in [0.1, 0.15) is 6.54 Å². The molecule has 4 rings (SSSR count). The first-order valence-electron chi connectivity index (χ1n) is 13.2. The summed E-state index contributed by atoms with van der Waals surface area (Å²) >= 11 is 0. The maximum atomic E-state index is 12.7. The molecule has 0 aromatic heterocycles.